The van der Waals surface area contributed by atoms with E-state index in [9.17, 15) is 8.42 Å². The average molecular weight is 265 g/mol. The zero-order valence-electron chi connectivity index (χ0n) is 9.28. The van der Waals surface area contributed by atoms with Crippen LogP contribution in [0.4, 0.5) is 0 Å². The molecule has 0 radical (unpaired) electrons. The van der Waals surface area contributed by atoms with Gasteiger partial charge < -0.3 is 9.47 Å². The molecule has 4 nitrogen and oxygen atoms in total. The molecule has 0 aliphatic rings. The number of rotatable bonds is 4. The molecule has 0 fully saturated rings. The van der Waals surface area contributed by atoms with Gasteiger partial charge in [0.05, 0.1) is 20.0 Å². The van der Waals surface area contributed by atoms with Crippen molar-refractivity contribution in [1.29, 1.82) is 0 Å². The summed E-state index contributed by atoms with van der Waals surface area (Å²) in [4.78, 5) is 0. The van der Waals surface area contributed by atoms with Gasteiger partial charge in [-0.25, -0.2) is 8.42 Å². The molecule has 6 heteroatoms. The fourth-order valence-electron chi connectivity index (χ4n) is 1.46. The van der Waals surface area contributed by atoms with Gasteiger partial charge in [-0.2, -0.15) is 0 Å². The van der Waals surface area contributed by atoms with E-state index in [2.05, 4.69) is 0 Å². The van der Waals surface area contributed by atoms with Gasteiger partial charge in [-0.15, -0.1) is 0 Å². The predicted octanol–water partition coefficient (Wildman–Crippen LogP) is 2.08. The van der Waals surface area contributed by atoms with E-state index in [1.54, 1.807) is 19.1 Å². The maximum atomic E-state index is 11.0. The summed E-state index contributed by atoms with van der Waals surface area (Å²) in [5, 5.41) is 0. The zero-order valence-corrected chi connectivity index (χ0v) is 10.9. The topological polar surface area (TPSA) is 52.6 Å². The summed E-state index contributed by atoms with van der Waals surface area (Å²) in [5.41, 5.74) is 1.32. The molecule has 1 rings (SSSR count). The van der Waals surface area contributed by atoms with Crippen LogP contribution in [-0.2, 0) is 14.8 Å². The quantitative estimate of drug-likeness (QED) is 0.782. The van der Waals surface area contributed by atoms with Gasteiger partial charge in [-0.05, 0) is 24.1 Å². The van der Waals surface area contributed by atoms with E-state index < -0.39 is 9.05 Å². The standard InChI is InChI=1S/C10H13ClO4S/c1-7-8(6-16(11,12)13)4-5-9(14-2)10(7)15-3/h4-5H,6H2,1-3H3. The van der Waals surface area contributed by atoms with Crippen LogP contribution in [0.1, 0.15) is 11.1 Å². The summed E-state index contributed by atoms with van der Waals surface area (Å²) in [6, 6.07) is 3.32. The van der Waals surface area contributed by atoms with Crippen molar-refractivity contribution in [1.82, 2.24) is 0 Å². The third-order valence-electron chi connectivity index (χ3n) is 2.23. The van der Waals surface area contributed by atoms with E-state index in [0.717, 1.165) is 0 Å². The molecule has 0 saturated carbocycles. The molecule has 0 bridgehead atoms. The molecule has 0 unspecified atom stereocenters. The van der Waals surface area contributed by atoms with Crippen molar-refractivity contribution in [3.8, 4) is 11.5 Å². The molecule has 0 aliphatic carbocycles. The Morgan fingerprint density at radius 3 is 2.31 bits per heavy atom. The van der Waals surface area contributed by atoms with Crippen molar-refractivity contribution in [3.63, 3.8) is 0 Å². The normalized spacial score (nSPS) is 11.2. The number of benzene rings is 1. The van der Waals surface area contributed by atoms with E-state index >= 15 is 0 Å². The van der Waals surface area contributed by atoms with Gasteiger partial charge >= 0.3 is 0 Å². The van der Waals surface area contributed by atoms with Crippen LogP contribution < -0.4 is 9.47 Å². The molecule has 1 aromatic carbocycles. The van der Waals surface area contributed by atoms with Crippen LogP contribution in [0.3, 0.4) is 0 Å². The van der Waals surface area contributed by atoms with E-state index in [1.807, 2.05) is 0 Å². The van der Waals surface area contributed by atoms with Crippen LogP contribution in [0, 0.1) is 6.92 Å². The summed E-state index contributed by atoms with van der Waals surface area (Å²) in [6.45, 7) is 1.76. The van der Waals surface area contributed by atoms with Crippen molar-refractivity contribution in [2.24, 2.45) is 0 Å². The molecule has 0 aromatic heterocycles. The van der Waals surface area contributed by atoms with E-state index in [1.165, 1.54) is 14.2 Å². The Morgan fingerprint density at radius 1 is 1.25 bits per heavy atom. The number of methoxy groups -OCH3 is 2. The number of hydrogen-bond acceptors (Lipinski definition) is 4. The maximum absolute atomic E-state index is 11.0. The fraction of sp³-hybridized carbons (Fsp3) is 0.400. The van der Waals surface area contributed by atoms with E-state index in [0.29, 0.717) is 22.6 Å². The lowest BCUT2D eigenvalue weighted by molar-refractivity contribution is 0.352. The summed E-state index contributed by atoms with van der Waals surface area (Å²) >= 11 is 0. The lowest BCUT2D eigenvalue weighted by Gasteiger charge is -2.13. The average Bonchev–Trinajstić information content (AvgIpc) is 2.19. The fourth-order valence-corrected chi connectivity index (χ4v) is 2.50. The molecule has 90 valence electrons. The Kier molecular flexibility index (Phi) is 4.04. The Bertz CT molecular complexity index is 482. The Balaban J connectivity index is 3.24. The third kappa shape index (κ3) is 3.02. The molecular weight excluding hydrogens is 252 g/mol. The highest BCUT2D eigenvalue weighted by Crippen LogP contribution is 2.33. The molecule has 16 heavy (non-hydrogen) atoms. The number of halogens is 1. The van der Waals surface area contributed by atoms with Crippen LogP contribution in [0.15, 0.2) is 12.1 Å². The lowest BCUT2D eigenvalue weighted by atomic mass is 10.1. The predicted molar refractivity (Wildman–Crippen MR) is 62.8 cm³/mol. The lowest BCUT2D eigenvalue weighted by Crippen LogP contribution is -2.01. The number of ether oxygens (including phenoxy) is 2. The minimum atomic E-state index is -3.57. The van der Waals surface area contributed by atoms with Crippen LogP contribution >= 0.6 is 10.7 Å². The first-order chi connectivity index (χ1) is 7.39. The van der Waals surface area contributed by atoms with E-state index in [-0.39, 0.29) is 5.75 Å². The van der Waals surface area contributed by atoms with Crippen LogP contribution in [0.5, 0.6) is 11.5 Å². The first-order valence-corrected chi connectivity index (χ1v) is 6.99. The Morgan fingerprint density at radius 2 is 1.88 bits per heavy atom. The van der Waals surface area contributed by atoms with Gasteiger partial charge in [-0.1, -0.05) is 6.07 Å². The first kappa shape index (κ1) is 13.1. The minimum absolute atomic E-state index is 0.221. The smallest absolute Gasteiger partial charge is 0.236 e. The van der Waals surface area contributed by atoms with Crippen molar-refractivity contribution < 1.29 is 17.9 Å². The van der Waals surface area contributed by atoms with E-state index in [4.69, 9.17) is 20.2 Å². The molecule has 0 heterocycles. The highest BCUT2D eigenvalue weighted by molar-refractivity contribution is 8.13. The van der Waals surface area contributed by atoms with Gasteiger partial charge in [0.25, 0.3) is 0 Å². The second-order valence-corrected chi connectivity index (χ2v) is 6.05. The van der Waals surface area contributed by atoms with Crippen molar-refractivity contribution in [2.45, 2.75) is 12.7 Å². The van der Waals surface area contributed by atoms with Gasteiger partial charge in [0.15, 0.2) is 11.5 Å². The third-order valence-corrected chi connectivity index (χ3v) is 3.22. The summed E-state index contributed by atoms with van der Waals surface area (Å²) in [7, 11) is 4.67. The van der Waals surface area contributed by atoms with Crippen LogP contribution in [0.25, 0.3) is 0 Å². The summed E-state index contributed by atoms with van der Waals surface area (Å²) in [6.07, 6.45) is 0. The SMILES string of the molecule is COc1ccc(CS(=O)(=O)Cl)c(C)c1OC. The Hall–Kier alpha value is -0.940. The van der Waals surface area contributed by atoms with Crippen molar-refractivity contribution in [2.75, 3.05) is 14.2 Å². The molecule has 0 saturated heterocycles. The molecular formula is C10H13ClO4S. The second kappa shape index (κ2) is 4.93. The second-order valence-electron chi connectivity index (χ2n) is 3.27. The van der Waals surface area contributed by atoms with Gasteiger partial charge in [0, 0.05) is 10.7 Å². The molecule has 0 N–H and O–H groups in total. The van der Waals surface area contributed by atoms with Crippen molar-refractivity contribution >= 4 is 19.7 Å². The molecule has 0 spiro atoms. The summed E-state index contributed by atoms with van der Waals surface area (Å²) in [5.74, 6) is 0.872. The monoisotopic (exact) mass is 264 g/mol. The van der Waals surface area contributed by atoms with Crippen molar-refractivity contribution in [3.05, 3.63) is 23.3 Å². The van der Waals surface area contributed by atoms with Gasteiger partial charge in [-0.3, -0.25) is 0 Å². The molecule has 0 aliphatic heterocycles. The number of hydrogen-bond donors (Lipinski definition) is 0. The molecule has 0 amide bonds. The highest BCUT2D eigenvalue weighted by atomic mass is 35.7. The van der Waals surface area contributed by atoms with Crippen LogP contribution in [0.2, 0.25) is 0 Å². The minimum Gasteiger partial charge on any atom is -0.493 e. The molecule has 0 atom stereocenters. The summed E-state index contributed by atoms with van der Waals surface area (Å²) < 4.78 is 32.3. The van der Waals surface area contributed by atoms with Gasteiger partial charge in [0.1, 0.15) is 0 Å². The van der Waals surface area contributed by atoms with Crippen LogP contribution in [-0.4, -0.2) is 22.6 Å². The highest BCUT2D eigenvalue weighted by Gasteiger charge is 2.15. The first-order valence-electron chi connectivity index (χ1n) is 4.52. The zero-order chi connectivity index (χ0) is 12.3. The molecule has 1 aromatic rings. The van der Waals surface area contributed by atoms with Gasteiger partial charge in [0.2, 0.25) is 9.05 Å². The Labute approximate surface area is 99.6 Å². The largest absolute Gasteiger partial charge is 0.493 e. The maximum Gasteiger partial charge on any atom is 0.236 e.